The molecular formula is C44H37N3. The molecule has 3 nitrogen and oxygen atoms in total. The molecule has 2 aliphatic heterocycles. The summed E-state index contributed by atoms with van der Waals surface area (Å²) in [6.07, 6.45) is 20.9. The molecule has 0 saturated carbocycles. The second kappa shape index (κ2) is 10.7. The number of aromatic nitrogens is 1. The number of fused-ring (bicyclic) bond motifs is 7. The highest BCUT2D eigenvalue weighted by molar-refractivity contribution is 5.90. The summed E-state index contributed by atoms with van der Waals surface area (Å²) in [6.45, 7) is 0. The smallest absolute Gasteiger partial charge is 0.130 e. The molecule has 10 rings (SSSR count). The number of para-hydroxylation sites is 1. The van der Waals surface area contributed by atoms with Crippen LogP contribution in [-0.2, 0) is 6.42 Å². The summed E-state index contributed by atoms with van der Waals surface area (Å²) in [7, 11) is 0. The van der Waals surface area contributed by atoms with E-state index in [9.17, 15) is 0 Å². The molecule has 0 radical (unpaired) electrons. The second-order valence-electron chi connectivity index (χ2n) is 13.7. The molecule has 3 heterocycles. The Morgan fingerprint density at radius 2 is 1.62 bits per heavy atom. The highest BCUT2D eigenvalue weighted by Gasteiger charge is 2.44. The maximum absolute atomic E-state index is 5.16. The molecule has 0 spiro atoms. The van der Waals surface area contributed by atoms with Crippen LogP contribution in [0.5, 0.6) is 0 Å². The Balaban J connectivity index is 1.04. The van der Waals surface area contributed by atoms with Crippen LogP contribution in [0.25, 0.3) is 39.2 Å². The molecule has 1 aromatic heterocycles. The molecule has 3 heteroatoms. The number of benzene rings is 4. The van der Waals surface area contributed by atoms with Gasteiger partial charge >= 0.3 is 0 Å². The third-order valence-corrected chi connectivity index (χ3v) is 11.2. The summed E-state index contributed by atoms with van der Waals surface area (Å²) in [6, 6.07) is 33.8. The van der Waals surface area contributed by atoms with E-state index in [-0.39, 0.29) is 6.17 Å². The number of hydrogen-bond acceptors (Lipinski definition) is 3. The fourth-order valence-corrected chi connectivity index (χ4v) is 9.00. The van der Waals surface area contributed by atoms with E-state index in [4.69, 9.17) is 4.98 Å². The largest absolute Gasteiger partial charge is 0.360 e. The number of allylic oxidation sites excluding steroid dienone is 5. The Morgan fingerprint density at radius 3 is 2.55 bits per heavy atom. The molecule has 3 unspecified atom stereocenters. The van der Waals surface area contributed by atoms with Crippen LogP contribution in [0.2, 0.25) is 0 Å². The summed E-state index contributed by atoms with van der Waals surface area (Å²) in [5, 5.41) is 6.51. The van der Waals surface area contributed by atoms with Gasteiger partial charge in [-0.25, -0.2) is 0 Å². The van der Waals surface area contributed by atoms with Crippen molar-refractivity contribution in [2.75, 3.05) is 4.90 Å². The Hall–Kier alpha value is -5.15. The highest BCUT2D eigenvalue weighted by Crippen LogP contribution is 2.54. The van der Waals surface area contributed by atoms with Gasteiger partial charge in [0.2, 0.25) is 0 Å². The van der Waals surface area contributed by atoms with Crippen LogP contribution in [-0.4, -0.2) is 4.98 Å². The van der Waals surface area contributed by atoms with Gasteiger partial charge in [0.25, 0.3) is 0 Å². The predicted molar refractivity (Wildman–Crippen MR) is 194 cm³/mol. The standard InChI is InChI=1S/C44H37N3/c1-2-11-31-26-32(25-20-28(31)10-1)39-27-45-42(37-16-6-5-14-35(37)39)29-21-23-30(24-22-29)44-46-40-18-9-17-38-34-13-4-3-12-33(34)36-15-7-8-19-41(36)47(44)43(38)40/h1-3,5,7-8,10-12,14-15,18-27,33-34,44,46H,4,6,9,13,16-17H2. The molecule has 0 amide bonds. The lowest BCUT2D eigenvalue weighted by molar-refractivity contribution is 0.477. The van der Waals surface area contributed by atoms with Gasteiger partial charge in [0.1, 0.15) is 6.17 Å². The lowest BCUT2D eigenvalue weighted by Crippen LogP contribution is -2.27. The zero-order valence-electron chi connectivity index (χ0n) is 26.5. The van der Waals surface area contributed by atoms with Gasteiger partial charge in [-0.3, -0.25) is 4.98 Å². The molecule has 3 atom stereocenters. The summed E-state index contributed by atoms with van der Waals surface area (Å²) in [4.78, 5) is 7.78. The molecule has 0 bridgehead atoms. The zero-order chi connectivity index (χ0) is 30.9. The second-order valence-corrected chi connectivity index (χ2v) is 13.7. The van der Waals surface area contributed by atoms with Crippen molar-refractivity contribution in [1.82, 2.24) is 10.3 Å². The minimum atomic E-state index is 0.0590. The average molecular weight is 608 g/mol. The van der Waals surface area contributed by atoms with E-state index in [1.54, 1.807) is 5.57 Å². The molecule has 3 aliphatic carbocycles. The molecule has 1 N–H and O–H groups in total. The van der Waals surface area contributed by atoms with Crippen molar-refractivity contribution in [1.29, 1.82) is 0 Å². The maximum atomic E-state index is 5.16. The van der Waals surface area contributed by atoms with E-state index in [1.807, 2.05) is 0 Å². The van der Waals surface area contributed by atoms with Crippen molar-refractivity contribution in [3.05, 3.63) is 161 Å². The normalized spacial score (nSPS) is 22.2. The van der Waals surface area contributed by atoms with Gasteiger partial charge in [-0.2, -0.15) is 0 Å². The molecular weight excluding hydrogens is 571 g/mol. The summed E-state index contributed by atoms with van der Waals surface area (Å²) >= 11 is 0. The van der Waals surface area contributed by atoms with E-state index in [1.165, 1.54) is 79.6 Å². The van der Waals surface area contributed by atoms with Crippen LogP contribution in [0, 0.1) is 5.92 Å². The van der Waals surface area contributed by atoms with E-state index >= 15 is 0 Å². The number of nitrogens with zero attached hydrogens (tertiary/aromatic N) is 2. The molecule has 5 aromatic rings. The highest BCUT2D eigenvalue weighted by atomic mass is 15.4. The maximum Gasteiger partial charge on any atom is 0.130 e. The van der Waals surface area contributed by atoms with Crippen molar-refractivity contribution in [3.8, 4) is 22.4 Å². The number of nitrogens with one attached hydrogen (secondary N) is 1. The first-order valence-corrected chi connectivity index (χ1v) is 17.3. The molecule has 228 valence electrons. The summed E-state index contributed by atoms with van der Waals surface area (Å²) < 4.78 is 0. The van der Waals surface area contributed by atoms with Crippen molar-refractivity contribution in [2.45, 2.75) is 50.6 Å². The lowest BCUT2D eigenvalue weighted by Gasteiger charge is -2.31. The van der Waals surface area contributed by atoms with Crippen LogP contribution in [0.15, 0.2) is 138 Å². The molecule has 47 heavy (non-hydrogen) atoms. The van der Waals surface area contributed by atoms with E-state index < -0.39 is 0 Å². The van der Waals surface area contributed by atoms with Gasteiger partial charge in [0, 0.05) is 28.9 Å². The van der Waals surface area contributed by atoms with Crippen molar-refractivity contribution in [2.24, 2.45) is 5.92 Å². The minimum Gasteiger partial charge on any atom is -0.360 e. The van der Waals surface area contributed by atoms with Gasteiger partial charge in [-0.15, -0.1) is 0 Å². The van der Waals surface area contributed by atoms with Gasteiger partial charge in [-0.05, 0) is 101 Å². The summed E-state index contributed by atoms with van der Waals surface area (Å²) in [5.41, 5.74) is 15.9. The van der Waals surface area contributed by atoms with E-state index in [2.05, 4.69) is 138 Å². The van der Waals surface area contributed by atoms with Crippen molar-refractivity contribution < 1.29 is 0 Å². The van der Waals surface area contributed by atoms with E-state index in [0.29, 0.717) is 11.8 Å². The van der Waals surface area contributed by atoms with Gasteiger partial charge in [-0.1, -0.05) is 109 Å². The Morgan fingerprint density at radius 1 is 0.766 bits per heavy atom. The predicted octanol–water partition coefficient (Wildman–Crippen LogP) is 10.6. The molecule has 1 fully saturated rings. The first kappa shape index (κ1) is 27.0. The minimum absolute atomic E-state index is 0.0590. The quantitative estimate of drug-likeness (QED) is 0.207. The fraction of sp³-hybridized carbons (Fsp3) is 0.205. The first-order valence-electron chi connectivity index (χ1n) is 17.3. The van der Waals surface area contributed by atoms with Gasteiger partial charge in [0.05, 0.1) is 17.1 Å². The van der Waals surface area contributed by atoms with Crippen LogP contribution < -0.4 is 10.2 Å². The van der Waals surface area contributed by atoms with Crippen molar-refractivity contribution >= 4 is 22.5 Å². The van der Waals surface area contributed by atoms with Crippen LogP contribution in [0.4, 0.5) is 5.69 Å². The molecule has 4 aromatic carbocycles. The topological polar surface area (TPSA) is 28.2 Å². The van der Waals surface area contributed by atoms with Gasteiger partial charge in [0.15, 0.2) is 0 Å². The third-order valence-electron chi connectivity index (χ3n) is 11.2. The van der Waals surface area contributed by atoms with E-state index in [0.717, 1.165) is 31.4 Å². The lowest BCUT2D eigenvalue weighted by atomic mass is 9.73. The van der Waals surface area contributed by atoms with Crippen LogP contribution in [0.1, 0.15) is 66.4 Å². The number of pyridine rings is 1. The first-order chi connectivity index (χ1) is 23.3. The monoisotopic (exact) mass is 607 g/mol. The Bertz CT molecular complexity index is 2200. The SMILES string of the molecule is C1=Cc2c(-c3ccc4ccccc4c3)cnc(-c3ccc(C4NC5=CCCC6=C5N4c4ccccc4C4C=CCCC64)cc3)c2CC1. The van der Waals surface area contributed by atoms with Crippen LogP contribution in [0.3, 0.4) is 0 Å². The Labute approximate surface area is 276 Å². The fourth-order valence-electron chi connectivity index (χ4n) is 9.00. The number of anilines is 1. The number of hydrogen-bond donors (Lipinski definition) is 1. The molecule has 5 aliphatic rings. The zero-order valence-corrected chi connectivity index (χ0v) is 26.5. The molecule has 1 saturated heterocycles. The summed E-state index contributed by atoms with van der Waals surface area (Å²) in [5.74, 6) is 1.04. The average Bonchev–Trinajstić information content (AvgIpc) is 3.48. The van der Waals surface area contributed by atoms with Gasteiger partial charge < -0.3 is 10.2 Å². The number of rotatable bonds is 3. The third kappa shape index (κ3) is 4.22. The van der Waals surface area contributed by atoms with Crippen LogP contribution >= 0.6 is 0 Å². The van der Waals surface area contributed by atoms with Crippen molar-refractivity contribution in [3.63, 3.8) is 0 Å². The Kier molecular flexibility index (Phi) is 6.15.